The first kappa shape index (κ1) is 10.9. The van der Waals surface area contributed by atoms with Crippen molar-refractivity contribution < 1.29 is 9.53 Å². The highest BCUT2D eigenvalue weighted by molar-refractivity contribution is 5.81. The summed E-state index contributed by atoms with van der Waals surface area (Å²) in [5.41, 5.74) is 0. The van der Waals surface area contributed by atoms with Crippen LogP contribution in [0.15, 0.2) is 0 Å². The van der Waals surface area contributed by atoms with Crippen LogP contribution < -0.4 is 0 Å². The third-order valence-corrected chi connectivity index (χ3v) is 3.24. The van der Waals surface area contributed by atoms with Crippen molar-refractivity contribution in [3.05, 3.63) is 0 Å². The van der Waals surface area contributed by atoms with Crippen LogP contribution in [0.5, 0.6) is 0 Å². The number of nitrogens with zero attached hydrogens (tertiary/aromatic N) is 2. The molecule has 2 heterocycles. The molecule has 1 atom stereocenters. The zero-order valence-corrected chi connectivity index (χ0v) is 9.45. The van der Waals surface area contributed by atoms with Gasteiger partial charge in [-0.25, -0.2) is 0 Å². The highest BCUT2D eigenvalue weighted by Gasteiger charge is 2.28. The topological polar surface area (TPSA) is 32.8 Å². The number of rotatable bonds is 1. The van der Waals surface area contributed by atoms with Gasteiger partial charge in [-0.3, -0.25) is 4.79 Å². The van der Waals surface area contributed by atoms with Crippen molar-refractivity contribution in [3.63, 3.8) is 0 Å². The predicted molar refractivity (Wildman–Crippen MR) is 57.7 cm³/mol. The first-order valence-corrected chi connectivity index (χ1v) is 5.86. The van der Waals surface area contributed by atoms with Crippen LogP contribution in [0.1, 0.15) is 19.3 Å². The Hall–Kier alpha value is -0.610. The molecule has 0 bridgehead atoms. The van der Waals surface area contributed by atoms with E-state index < -0.39 is 0 Å². The van der Waals surface area contributed by atoms with Gasteiger partial charge in [-0.15, -0.1) is 0 Å². The minimum absolute atomic E-state index is 0.145. The summed E-state index contributed by atoms with van der Waals surface area (Å²) in [6.45, 7) is 4.58. The number of carbonyl (C=O) groups is 1. The number of hydrogen-bond acceptors (Lipinski definition) is 3. The van der Waals surface area contributed by atoms with E-state index in [0.717, 1.165) is 52.0 Å². The van der Waals surface area contributed by atoms with Crippen molar-refractivity contribution in [1.29, 1.82) is 0 Å². The van der Waals surface area contributed by atoms with E-state index in [9.17, 15) is 4.79 Å². The monoisotopic (exact) mass is 212 g/mol. The summed E-state index contributed by atoms with van der Waals surface area (Å²) in [4.78, 5) is 16.3. The van der Waals surface area contributed by atoms with Crippen molar-refractivity contribution >= 4 is 5.91 Å². The first-order valence-electron chi connectivity index (χ1n) is 5.86. The van der Waals surface area contributed by atoms with Crippen LogP contribution in [0.4, 0.5) is 0 Å². The Morgan fingerprint density at radius 1 is 1.20 bits per heavy atom. The SMILES string of the molecule is CN1CCCN(C(=O)[C@@H]2CCCO2)CC1. The number of amides is 1. The van der Waals surface area contributed by atoms with E-state index in [2.05, 4.69) is 11.9 Å². The van der Waals surface area contributed by atoms with Crippen molar-refractivity contribution in [2.75, 3.05) is 39.8 Å². The predicted octanol–water partition coefficient (Wildman–Crippen LogP) is 0.329. The zero-order chi connectivity index (χ0) is 10.7. The molecule has 0 aromatic carbocycles. The summed E-state index contributed by atoms with van der Waals surface area (Å²) in [5.74, 6) is 0.211. The molecule has 0 aliphatic carbocycles. The van der Waals surface area contributed by atoms with Gasteiger partial charge in [0.2, 0.25) is 0 Å². The van der Waals surface area contributed by atoms with Crippen LogP contribution in [0.3, 0.4) is 0 Å². The Labute approximate surface area is 91.2 Å². The molecule has 0 saturated carbocycles. The molecule has 2 aliphatic heterocycles. The summed E-state index contributed by atoms with van der Waals surface area (Å²) in [7, 11) is 2.11. The molecule has 0 aromatic heterocycles. The molecule has 0 aromatic rings. The van der Waals surface area contributed by atoms with Crippen molar-refractivity contribution in [2.24, 2.45) is 0 Å². The molecule has 0 radical (unpaired) electrons. The normalized spacial score (nSPS) is 29.1. The summed E-state index contributed by atoms with van der Waals surface area (Å²) >= 11 is 0. The standard InChI is InChI=1S/C11H20N2O2/c1-12-5-3-6-13(8-7-12)11(14)10-4-2-9-15-10/h10H,2-9H2,1H3/t10-/m0/s1. The summed E-state index contributed by atoms with van der Waals surface area (Å²) < 4.78 is 5.43. The molecule has 2 rings (SSSR count). The second kappa shape index (κ2) is 4.94. The minimum atomic E-state index is -0.145. The van der Waals surface area contributed by atoms with Gasteiger partial charge in [-0.2, -0.15) is 0 Å². The molecule has 86 valence electrons. The first-order chi connectivity index (χ1) is 7.27. The molecule has 4 heteroatoms. The van der Waals surface area contributed by atoms with Crippen molar-refractivity contribution in [1.82, 2.24) is 9.80 Å². The van der Waals surface area contributed by atoms with Gasteiger partial charge >= 0.3 is 0 Å². The Kier molecular flexibility index (Phi) is 3.59. The molecule has 2 saturated heterocycles. The van der Waals surface area contributed by atoms with E-state index in [4.69, 9.17) is 4.74 Å². The fourth-order valence-electron chi connectivity index (χ4n) is 2.24. The van der Waals surface area contributed by atoms with Crippen molar-refractivity contribution in [3.8, 4) is 0 Å². The maximum absolute atomic E-state index is 12.0. The summed E-state index contributed by atoms with van der Waals surface area (Å²) in [5, 5.41) is 0. The Morgan fingerprint density at radius 3 is 2.80 bits per heavy atom. The third kappa shape index (κ3) is 2.69. The van der Waals surface area contributed by atoms with E-state index in [1.165, 1.54) is 0 Å². The van der Waals surface area contributed by atoms with Gasteiger partial charge in [-0.1, -0.05) is 0 Å². The lowest BCUT2D eigenvalue weighted by molar-refractivity contribution is -0.140. The van der Waals surface area contributed by atoms with Crippen LogP contribution in [-0.2, 0) is 9.53 Å². The number of ether oxygens (including phenoxy) is 1. The van der Waals surface area contributed by atoms with Crippen molar-refractivity contribution in [2.45, 2.75) is 25.4 Å². The van der Waals surface area contributed by atoms with Gasteiger partial charge in [-0.05, 0) is 32.9 Å². The number of hydrogen-bond donors (Lipinski definition) is 0. The van der Waals surface area contributed by atoms with E-state index in [1.807, 2.05) is 4.90 Å². The molecule has 1 amide bonds. The van der Waals surface area contributed by atoms with Gasteiger partial charge in [0.15, 0.2) is 0 Å². The van der Waals surface area contributed by atoms with Gasteiger partial charge in [0.1, 0.15) is 6.10 Å². The van der Waals surface area contributed by atoms with Gasteiger partial charge in [0, 0.05) is 26.2 Å². The largest absolute Gasteiger partial charge is 0.368 e. The van der Waals surface area contributed by atoms with Crippen LogP contribution in [0.2, 0.25) is 0 Å². The van der Waals surface area contributed by atoms with Crippen LogP contribution in [0.25, 0.3) is 0 Å². The smallest absolute Gasteiger partial charge is 0.251 e. The second-order valence-electron chi connectivity index (χ2n) is 4.48. The molecule has 0 unspecified atom stereocenters. The molecule has 2 fully saturated rings. The highest BCUT2D eigenvalue weighted by atomic mass is 16.5. The number of carbonyl (C=O) groups excluding carboxylic acids is 1. The molecular formula is C11H20N2O2. The summed E-state index contributed by atoms with van der Waals surface area (Å²) in [6.07, 6.45) is 2.87. The average molecular weight is 212 g/mol. The van der Waals surface area contributed by atoms with E-state index >= 15 is 0 Å². The summed E-state index contributed by atoms with van der Waals surface area (Å²) in [6, 6.07) is 0. The number of likely N-dealkylation sites (N-methyl/N-ethyl adjacent to an activating group) is 1. The average Bonchev–Trinajstić information content (AvgIpc) is 2.67. The molecule has 4 nitrogen and oxygen atoms in total. The van der Waals surface area contributed by atoms with E-state index in [1.54, 1.807) is 0 Å². The minimum Gasteiger partial charge on any atom is -0.368 e. The third-order valence-electron chi connectivity index (χ3n) is 3.24. The van der Waals surface area contributed by atoms with Crippen LogP contribution in [0, 0.1) is 0 Å². The lowest BCUT2D eigenvalue weighted by Crippen LogP contribution is -2.40. The van der Waals surface area contributed by atoms with Gasteiger partial charge in [0.25, 0.3) is 5.91 Å². The maximum atomic E-state index is 12.0. The van der Waals surface area contributed by atoms with Gasteiger partial charge in [0.05, 0.1) is 0 Å². The zero-order valence-electron chi connectivity index (χ0n) is 9.45. The fourth-order valence-corrected chi connectivity index (χ4v) is 2.24. The van der Waals surface area contributed by atoms with E-state index in [-0.39, 0.29) is 12.0 Å². The van der Waals surface area contributed by atoms with Crippen LogP contribution in [-0.4, -0.2) is 61.6 Å². The molecule has 0 spiro atoms. The van der Waals surface area contributed by atoms with Crippen LogP contribution >= 0.6 is 0 Å². The fraction of sp³-hybridized carbons (Fsp3) is 0.909. The Morgan fingerprint density at radius 2 is 2.07 bits per heavy atom. The molecule has 0 N–H and O–H groups in total. The maximum Gasteiger partial charge on any atom is 0.251 e. The molecule has 15 heavy (non-hydrogen) atoms. The van der Waals surface area contributed by atoms with Gasteiger partial charge < -0.3 is 14.5 Å². The molecule has 2 aliphatic rings. The lowest BCUT2D eigenvalue weighted by atomic mass is 10.2. The highest BCUT2D eigenvalue weighted by Crippen LogP contribution is 2.15. The lowest BCUT2D eigenvalue weighted by Gasteiger charge is -2.23. The quantitative estimate of drug-likeness (QED) is 0.628. The Balaban J connectivity index is 1.88. The Bertz CT molecular complexity index is 227. The molecular weight excluding hydrogens is 192 g/mol. The second-order valence-corrected chi connectivity index (χ2v) is 4.48. The van der Waals surface area contributed by atoms with E-state index in [0.29, 0.717) is 0 Å².